The number of hydrogen-bond donors (Lipinski definition) is 3. The van der Waals surface area contributed by atoms with E-state index < -0.39 is 0 Å². The molecule has 0 aromatic heterocycles. The van der Waals surface area contributed by atoms with Crippen molar-refractivity contribution in [2.75, 3.05) is 44.7 Å². The van der Waals surface area contributed by atoms with Crippen molar-refractivity contribution >= 4 is 11.6 Å². The Hall–Kier alpha value is -2.21. The minimum atomic E-state index is -0.243. The second kappa shape index (κ2) is 9.65. The van der Waals surface area contributed by atoms with Crippen molar-refractivity contribution in [3.63, 3.8) is 0 Å². The van der Waals surface area contributed by atoms with Gasteiger partial charge in [0.1, 0.15) is 26.2 Å². The molecule has 1 heterocycles. The standard InChI is InChI=1S/C22H29N3O2/c1-17-14-18(2)16-20(15-17)24-22(26)21(19-6-4-3-5-7-19)23-8-9-25-10-12-27-13-11-25/h3-7,14-16,21,23H,8-13H2,1-2H3,(H,24,26)/p+2/t21-/m1/s1. The molecule has 144 valence electrons. The minimum absolute atomic E-state index is 0.0307. The van der Waals surface area contributed by atoms with Gasteiger partial charge in [0.2, 0.25) is 0 Å². The number of nitrogens with one attached hydrogen (secondary N) is 2. The number of benzene rings is 2. The summed E-state index contributed by atoms with van der Waals surface area (Å²) in [5.41, 5.74) is 4.21. The first-order valence-corrected chi connectivity index (χ1v) is 9.80. The fourth-order valence-electron chi connectivity index (χ4n) is 3.69. The zero-order chi connectivity index (χ0) is 19.1. The van der Waals surface area contributed by atoms with Gasteiger partial charge in [0.15, 0.2) is 6.04 Å². The second-order valence-electron chi connectivity index (χ2n) is 7.39. The highest BCUT2D eigenvalue weighted by Gasteiger charge is 2.25. The Morgan fingerprint density at radius 1 is 1.11 bits per heavy atom. The Kier molecular flexibility index (Phi) is 6.98. The lowest BCUT2D eigenvalue weighted by Crippen LogP contribution is -3.16. The minimum Gasteiger partial charge on any atom is -0.370 e. The lowest BCUT2D eigenvalue weighted by atomic mass is 10.1. The summed E-state index contributed by atoms with van der Waals surface area (Å²) < 4.78 is 5.43. The Labute approximate surface area is 161 Å². The quantitative estimate of drug-likeness (QED) is 0.664. The van der Waals surface area contributed by atoms with E-state index in [1.807, 2.05) is 42.5 Å². The van der Waals surface area contributed by atoms with Crippen molar-refractivity contribution in [2.45, 2.75) is 19.9 Å². The Balaban J connectivity index is 1.66. The molecule has 0 spiro atoms. The van der Waals surface area contributed by atoms with Crippen molar-refractivity contribution in [3.8, 4) is 0 Å². The fraction of sp³-hybridized carbons (Fsp3) is 0.409. The van der Waals surface area contributed by atoms with Crippen molar-refractivity contribution in [3.05, 3.63) is 65.2 Å². The van der Waals surface area contributed by atoms with E-state index in [1.54, 1.807) is 4.90 Å². The van der Waals surface area contributed by atoms with E-state index >= 15 is 0 Å². The SMILES string of the molecule is Cc1cc(C)cc(NC(=O)[C@H]([NH2+]CC[NH+]2CCOCC2)c2ccccc2)c1. The predicted molar refractivity (Wildman–Crippen MR) is 107 cm³/mol. The number of amides is 1. The Morgan fingerprint density at radius 3 is 2.44 bits per heavy atom. The topological polar surface area (TPSA) is 59.4 Å². The Morgan fingerprint density at radius 2 is 1.78 bits per heavy atom. The number of quaternary nitrogens is 2. The zero-order valence-electron chi connectivity index (χ0n) is 16.3. The molecule has 2 aromatic rings. The summed E-state index contributed by atoms with van der Waals surface area (Å²) in [7, 11) is 0. The molecular formula is C22H31N3O2+2. The van der Waals surface area contributed by atoms with E-state index in [-0.39, 0.29) is 11.9 Å². The third-order valence-electron chi connectivity index (χ3n) is 5.03. The summed E-state index contributed by atoms with van der Waals surface area (Å²) in [5.74, 6) is 0.0307. The summed E-state index contributed by atoms with van der Waals surface area (Å²) in [6, 6.07) is 15.9. The smallest absolute Gasteiger partial charge is 0.287 e. The fourth-order valence-corrected chi connectivity index (χ4v) is 3.69. The van der Waals surface area contributed by atoms with Gasteiger partial charge in [-0.2, -0.15) is 0 Å². The third kappa shape index (κ3) is 5.89. The third-order valence-corrected chi connectivity index (χ3v) is 5.03. The van der Waals surface area contributed by atoms with Crippen LogP contribution in [0.3, 0.4) is 0 Å². The van der Waals surface area contributed by atoms with Gasteiger partial charge in [-0.15, -0.1) is 0 Å². The molecular weight excluding hydrogens is 338 g/mol. The van der Waals surface area contributed by atoms with Gasteiger partial charge in [-0.25, -0.2) is 0 Å². The molecule has 1 amide bonds. The lowest BCUT2D eigenvalue weighted by Gasteiger charge is -2.24. The van der Waals surface area contributed by atoms with Crippen LogP contribution in [-0.4, -0.2) is 45.3 Å². The van der Waals surface area contributed by atoms with Crippen molar-refractivity contribution in [2.24, 2.45) is 0 Å². The second-order valence-corrected chi connectivity index (χ2v) is 7.39. The summed E-state index contributed by atoms with van der Waals surface area (Å²) in [6.45, 7) is 9.84. The van der Waals surface area contributed by atoms with Crippen LogP contribution in [-0.2, 0) is 9.53 Å². The maximum Gasteiger partial charge on any atom is 0.287 e. The van der Waals surface area contributed by atoms with Gasteiger partial charge in [-0.3, -0.25) is 4.79 Å². The van der Waals surface area contributed by atoms with Crippen LogP contribution in [0.2, 0.25) is 0 Å². The molecule has 27 heavy (non-hydrogen) atoms. The average molecular weight is 370 g/mol. The number of ether oxygens (including phenoxy) is 1. The van der Waals surface area contributed by atoms with E-state index in [0.717, 1.165) is 61.8 Å². The highest BCUT2D eigenvalue weighted by atomic mass is 16.5. The summed E-state index contributed by atoms with van der Waals surface area (Å²) in [6.07, 6.45) is 0. The lowest BCUT2D eigenvalue weighted by molar-refractivity contribution is -0.921. The van der Waals surface area contributed by atoms with Crippen molar-refractivity contribution in [1.29, 1.82) is 0 Å². The maximum atomic E-state index is 13.0. The molecule has 2 aromatic carbocycles. The van der Waals surface area contributed by atoms with Gasteiger partial charge in [-0.05, 0) is 37.1 Å². The van der Waals surface area contributed by atoms with Crippen LogP contribution in [0.1, 0.15) is 22.7 Å². The van der Waals surface area contributed by atoms with Gasteiger partial charge < -0.3 is 20.3 Å². The molecule has 1 saturated heterocycles. The first-order chi connectivity index (χ1) is 13.1. The van der Waals surface area contributed by atoms with Crippen LogP contribution >= 0.6 is 0 Å². The number of nitrogens with two attached hydrogens (primary N) is 1. The molecule has 3 rings (SSSR count). The number of rotatable bonds is 7. The van der Waals surface area contributed by atoms with Crippen LogP contribution in [0.15, 0.2) is 48.5 Å². The van der Waals surface area contributed by atoms with Crippen molar-refractivity contribution in [1.82, 2.24) is 0 Å². The molecule has 4 N–H and O–H groups in total. The molecule has 1 aliphatic rings. The van der Waals surface area contributed by atoms with E-state index in [2.05, 4.69) is 30.5 Å². The highest BCUT2D eigenvalue weighted by molar-refractivity contribution is 5.94. The van der Waals surface area contributed by atoms with Gasteiger partial charge in [0.05, 0.1) is 13.2 Å². The van der Waals surface area contributed by atoms with Gasteiger partial charge in [-0.1, -0.05) is 36.4 Å². The molecule has 1 aliphatic heterocycles. The molecule has 0 radical (unpaired) electrons. The molecule has 1 fully saturated rings. The Bertz CT molecular complexity index is 722. The molecule has 1 atom stereocenters. The molecule has 5 heteroatoms. The molecule has 5 nitrogen and oxygen atoms in total. The van der Waals surface area contributed by atoms with Crippen LogP contribution < -0.4 is 15.5 Å². The number of morpholine rings is 1. The summed E-state index contributed by atoms with van der Waals surface area (Å²) in [5, 5.41) is 5.28. The molecule has 0 saturated carbocycles. The van der Waals surface area contributed by atoms with E-state index in [1.165, 1.54) is 0 Å². The predicted octanol–water partition coefficient (Wildman–Crippen LogP) is 0.462. The van der Waals surface area contributed by atoms with Crippen LogP contribution in [0, 0.1) is 13.8 Å². The van der Waals surface area contributed by atoms with Crippen molar-refractivity contribution < 1.29 is 19.7 Å². The van der Waals surface area contributed by atoms with Gasteiger partial charge in [0.25, 0.3) is 5.91 Å². The molecule has 0 aliphatic carbocycles. The van der Waals surface area contributed by atoms with Crippen LogP contribution in [0.25, 0.3) is 0 Å². The zero-order valence-corrected chi connectivity index (χ0v) is 16.3. The maximum absolute atomic E-state index is 13.0. The first-order valence-electron chi connectivity index (χ1n) is 9.80. The average Bonchev–Trinajstić information content (AvgIpc) is 2.66. The van der Waals surface area contributed by atoms with Gasteiger partial charge >= 0.3 is 0 Å². The normalized spacial score (nSPS) is 16.1. The number of hydrogen-bond acceptors (Lipinski definition) is 2. The van der Waals surface area contributed by atoms with E-state index in [0.29, 0.717) is 0 Å². The number of carbonyl (C=O) groups is 1. The largest absolute Gasteiger partial charge is 0.370 e. The number of anilines is 1. The number of aryl methyl sites for hydroxylation is 2. The van der Waals surface area contributed by atoms with Crippen LogP contribution in [0.5, 0.6) is 0 Å². The van der Waals surface area contributed by atoms with Crippen LogP contribution in [0.4, 0.5) is 5.69 Å². The first kappa shape index (κ1) is 19.5. The van der Waals surface area contributed by atoms with E-state index in [9.17, 15) is 4.79 Å². The monoisotopic (exact) mass is 369 g/mol. The molecule has 0 bridgehead atoms. The van der Waals surface area contributed by atoms with Gasteiger partial charge in [0, 0.05) is 11.3 Å². The summed E-state index contributed by atoms with van der Waals surface area (Å²) >= 11 is 0. The summed E-state index contributed by atoms with van der Waals surface area (Å²) in [4.78, 5) is 14.6. The number of carbonyl (C=O) groups excluding carboxylic acids is 1. The highest BCUT2D eigenvalue weighted by Crippen LogP contribution is 2.16. The van der Waals surface area contributed by atoms with E-state index in [4.69, 9.17) is 4.74 Å². The molecule has 0 unspecified atom stereocenters.